The fourth-order valence-corrected chi connectivity index (χ4v) is 2.75. The Morgan fingerprint density at radius 1 is 0.960 bits per heavy atom. The van der Waals surface area contributed by atoms with Crippen LogP contribution in [-0.4, -0.2) is 29.5 Å². The minimum absolute atomic E-state index is 0.432. The number of nitrogens with zero attached hydrogens (tertiary/aromatic N) is 5. The van der Waals surface area contributed by atoms with E-state index in [-0.39, 0.29) is 0 Å². The van der Waals surface area contributed by atoms with E-state index in [1.165, 1.54) is 0 Å². The van der Waals surface area contributed by atoms with Gasteiger partial charge in [-0.3, -0.25) is 9.38 Å². The van der Waals surface area contributed by atoms with Gasteiger partial charge in [0.25, 0.3) is 5.89 Å². The van der Waals surface area contributed by atoms with Crippen LogP contribution in [0.15, 0.2) is 71.8 Å². The predicted molar refractivity (Wildman–Crippen MR) is 91.5 cm³/mol. The van der Waals surface area contributed by atoms with Crippen molar-refractivity contribution in [1.29, 1.82) is 0 Å². The van der Waals surface area contributed by atoms with E-state index in [2.05, 4.69) is 25.1 Å². The molecule has 0 saturated carbocycles. The number of imidazole rings is 1. The van der Waals surface area contributed by atoms with Crippen molar-refractivity contribution in [1.82, 2.24) is 29.5 Å². The standard InChI is InChI=1S/C18H12N6O/c1-2-4-12(5-3-1)13-6-7-14(21-13)18-22-17(23-25-18)15-10-20-16-11-19-8-9-24(15)16/h1-11,21H. The topological polar surface area (TPSA) is 84.9 Å². The quantitative estimate of drug-likeness (QED) is 0.548. The Morgan fingerprint density at radius 3 is 2.76 bits per heavy atom. The van der Waals surface area contributed by atoms with Gasteiger partial charge >= 0.3 is 0 Å². The monoisotopic (exact) mass is 328 g/mol. The molecule has 0 aliphatic rings. The van der Waals surface area contributed by atoms with Crippen LogP contribution in [-0.2, 0) is 0 Å². The third kappa shape index (κ3) is 2.29. The van der Waals surface area contributed by atoms with E-state index in [0.717, 1.165) is 28.3 Å². The highest BCUT2D eigenvalue weighted by Gasteiger charge is 2.15. The molecule has 7 heteroatoms. The molecule has 0 unspecified atom stereocenters. The zero-order valence-electron chi connectivity index (χ0n) is 13.0. The van der Waals surface area contributed by atoms with Crippen LogP contribution in [0.4, 0.5) is 0 Å². The molecule has 4 heterocycles. The van der Waals surface area contributed by atoms with E-state index in [9.17, 15) is 0 Å². The third-order valence-electron chi connectivity index (χ3n) is 3.97. The van der Waals surface area contributed by atoms with E-state index in [0.29, 0.717) is 11.7 Å². The van der Waals surface area contributed by atoms with Gasteiger partial charge in [-0.2, -0.15) is 4.98 Å². The second-order valence-electron chi connectivity index (χ2n) is 5.52. The van der Waals surface area contributed by atoms with Crippen LogP contribution in [0.5, 0.6) is 0 Å². The zero-order valence-corrected chi connectivity index (χ0v) is 13.0. The first kappa shape index (κ1) is 13.7. The molecule has 0 spiro atoms. The van der Waals surface area contributed by atoms with Gasteiger partial charge in [0.1, 0.15) is 11.4 Å². The summed E-state index contributed by atoms with van der Waals surface area (Å²) < 4.78 is 7.29. The summed E-state index contributed by atoms with van der Waals surface area (Å²) in [5, 5.41) is 4.08. The fourth-order valence-electron chi connectivity index (χ4n) is 2.75. The highest BCUT2D eigenvalue weighted by atomic mass is 16.5. The molecule has 4 aromatic heterocycles. The van der Waals surface area contributed by atoms with Crippen LogP contribution in [0.3, 0.4) is 0 Å². The molecule has 1 N–H and O–H groups in total. The SMILES string of the molecule is c1ccc(-c2ccc(-c3nc(-c4cnc5cnccn45)no3)[nH]2)cc1. The van der Waals surface area contributed by atoms with Gasteiger partial charge in [0.05, 0.1) is 12.4 Å². The van der Waals surface area contributed by atoms with E-state index < -0.39 is 0 Å². The molecule has 25 heavy (non-hydrogen) atoms. The lowest BCUT2D eigenvalue weighted by atomic mass is 10.2. The molecule has 1 aromatic carbocycles. The average Bonchev–Trinajstić information content (AvgIpc) is 3.40. The van der Waals surface area contributed by atoms with Crippen molar-refractivity contribution in [2.45, 2.75) is 0 Å². The Morgan fingerprint density at radius 2 is 1.84 bits per heavy atom. The van der Waals surface area contributed by atoms with Crippen molar-refractivity contribution in [2.24, 2.45) is 0 Å². The van der Waals surface area contributed by atoms with E-state index >= 15 is 0 Å². The largest absolute Gasteiger partial charge is 0.351 e. The van der Waals surface area contributed by atoms with Gasteiger partial charge in [-0.05, 0) is 17.7 Å². The van der Waals surface area contributed by atoms with Crippen LogP contribution >= 0.6 is 0 Å². The molecule has 0 amide bonds. The van der Waals surface area contributed by atoms with E-state index in [4.69, 9.17) is 4.52 Å². The highest BCUT2D eigenvalue weighted by molar-refractivity contribution is 5.65. The average molecular weight is 328 g/mol. The molecule has 120 valence electrons. The molecule has 0 aliphatic heterocycles. The Kier molecular flexibility index (Phi) is 2.96. The summed E-state index contributed by atoms with van der Waals surface area (Å²) in [6.45, 7) is 0. The summed E-state index contributed by atoms with van der Waals surface area (Å²) in [5.74, 6) is 0.908. The number of fused-ring (bicyclic) bond motifs is 1. The number of aromatic nitrogens is 6. The summed E-state index contributed by atoms with van der Waals surface area (Å²) in [6.07, 6.45) is 6.89. The first-order valence-corrected chi connectivity index (χ1v) is 7.74. The minimum atomic E-state index is 0.432. The van der Waals surface area contributed by atoms with Crippen molar-refractivity contribution in [3.05, 3.63) is 67.3 Å². The number of H-pyrrole nitrogens is 1. The maximum absolute atomic E-state index is 5.42. The molecule has 5 aromatic rings. The Balaban J connectivity index is 1.52. The van der Waals surface area contributed by atoms with Gasteiger partial charge in [0.2, 0.25) is 5.82 Å². The summed E-state index contributed by atoms with van der Waals surface area (Å²) in [7, 11) is 0. The number of nitrogens with one attached hydrogen (secondary N) is 1. The van der Waals surface area contributed by atoms with Gasteiger partial charge in [-0.1, -0.05) is 35.5 Å². The summed E-state index contributed by atoms with van der Waals surface area (Å²) in [6, 6.07) is 14.0. The maximum Gasteiger partial charge on any atom is 0.274 e. The predicted octanol–water partition coefficient (Wildman–Crippen LogP) is 3.44. The minimum Gasteiger partial charge on any atom is -0.351 e. The number of rotatable bonds is 3. The van der Waals surface area contributed by atoms with Crippen LogP contribution in [0.25, 0.3) is 40.0 Å². The summed E-state index contributed by atoms with van der Waals surface area (Å²) in [5.41, 5.74) is 4.35. The van der Waals surface area contributed by atoms with Crippen molar-refractivity contribution < 1.29 is 4.52 Å². The molecule has 7 nitrogen and oxygen atoms in total. The van der Waals surface area contributed by atoms with Gasteiger partial charge in [-0.25, -0.2) is 4.98 Å². The molecule has 5 rings (SSSR count). The smallest absolute Gasteiger partial charge is 0.274 e. The molecule has 0 aliphatic carbocycles. The lowest BCUT2D eigenvalue weighted by Gasteiger charge is -1.96. The lowest BCUT2D eigenvalue weighted by molar-refractivity contribution is 0.431. The molecular formula is C18H12N6O. The second kappa shape index (κ2) is 5.41. The first-order valence-electron chi connectivity index (χ1n) is 7.74. The van der Waals surface area contributed by atoms with Crippen LogP contribution in [0, 0.1) is 0 Å². The number of aromatic amines is 1. The van der Waals surface area contributed by atoms with E-state index in [1.807, 2.05) is 53.1 Å². The lowest BCUT2D eigenvalue weighted by Crippen LogP contribution is -1.90. The van der Waals surface area contributed by atoms with Crippen molar-refractivity contribution in [2.75, 3.05) is 0 Å². The summed E-state index contributed by atoms with van der Waals surface area (Å²) >= 11 is 0. The van der Waals surface area contributed by atoms with Gasteiger partial charge in [0.15, 0.2) is 5.65 Å². The van der Waals surface area contributed by atoms with Crippen molar-refractivity contribution in [3.63, 3.8) is 0 Å². The zero-order chi connectivity index (χ0) is 16.6. The highest BCUT2D eigenvalue weighted by Crippen LogP contribution is 2.25. The number of hydrogen-bond acceptors (Lipinski definition) is 5. The Bertz CT molecular complexity index is 1150. The fraction of sp³-hybridized carbons (Fsp3) is 0. The Hall–Kier alpha value is -3.74. The molecule has 0 fully saturated rings. The first-order chi connectivity index (χ1) is 12.4. The van der Waals surface area contributed by atoms with Crippen LogP contribution in [0.2, 0.25) is 0 Å². The number of benzene rings is 1. The Labute approximate surface area is 142 Å². The van der Waals surface area contributed by atoms with Gasteiger partial charge in [-0.15, -0.1) is 0 Å². The molecule has 0 radical (unpaired) electrons. The second-order valence-corrected chi connectivity index (χ2v) is 5.52. The molecule has 0 bridgehead atoms. The van der Waals surface area contributed by atoms with Crippen molar-refractivity contribution >= 4 is 5.65 Å². The maximum atomic E-state index is 5.42. The van der Waals surface area contributed by atoms with Crippen molar-refractivity contribution in [3.8, 4) is 34.4 Å². The molecule has 0 saturated heterocycles. The number of hydrogen-bond donors (Lipinski definition) is 1. The third-order valence-corrected chi connectivity index (χ3v) is 3.97. The molecule has 0 atom stereocenters. The van der Waals surface area contributed by atoms with E-state index in [1.54, 1.807) is 18.6 Å². The van der Waals surface area contributed by atoms with Gasteiger partial charge < -0.3 is 9.51 Å². The summed E-state index contributed by atoms with van der Waals surface area (Å²) in [4.78, 5) is 16.1. The molecular weight excluding hydrogens is 316 g/mol. The normalized spacial score (nSPS) is 11.2. The van der Waals surface area contributed by atoms with Crippen LogP contribution in [0.1, 0.15) is 0 Å². The van der Waals surface area contributed by atoms with Gasteiger partial charge in [0, 0.05) is 18.1 Å². The van der Waals surface area contributed by atoms with Crippen LogP contribution < -0.4 is 0 Å².